The van der Waals surface area contributed by atoms with Crippen molar-refractivity contribution in [3.05, 3.63) is 18.0 Å². The molecule has 1 aromatic heterocycles. The molecule has 6 heteroatoms. The van der Waals surface area contributed by atoms with Crippen LogP contribution in [-0.4, -0.2) is 36.0 Å². The molecule has 2 amide bonds. The Balaban J connectivity index is 1.93. The Morgan fingerprint density at radius 3 is 3.11 bits per heavy atom. The quantitative estimate of drug-likeness (QED) is 0.741. The fourth-order valence-electron chi connectivity index (χ4n) is 2.61. The number of hydrogen-bond donors (Lipinski definition) is 1. The van der Waals surface area contributed by atoms with Crippen LogP contribution in [0, 0.1) is 6.92 Å². The number of aryl methyl sites for hydroxylation is 1. The van der Waals surface area contributed by atoms with E-state index in [1.54, 1.807) is 6.20 Å². The topological polar surface area (TPSA) is 71.5 Å². The van der Waals surface area contributed by atoms with Crippen molar-refractivity contribution in [3.63, 3.8) is 0 Å². The Kier molecular flexibility index (Phi) is 2.85. The van der Waals surface area contributed by atoms with Gasteiger partial charge in [-0.2, -0.15) is 0 Å². The van der Waals surface area contributed by atoms with Gasteiger partial charge < -0.3 is 9.64 Å². The van der Waals surface area contributed by atoms with Gasteiger partial charge in [-0.3, -0.25) is 19.9 Å². The van der Waals surface area contributed by atoms with Gasteiger partial charge in [0.05, 0.1) is 17.9 Å². The number of ether oxygens (including phenoxy) is 1. The first-order valence-corrected chi connectivity index (χ1v) is 6.35. The molecular formula is C13H15N3O3. The monoisotopic (exact) mass is 261 g/mol. The van der Waals surface area contributed by atoms with Crippen molar-refractivity contribution in [2.24, 2.45) is 0 Å². The normalized spacial score (nSPS) is 22.6. The fraction of sp³-hybridized carbons (Fsp3) is 0.462. The molecule has 6 nitrogen and oxygen atoms in total. The average Bonchev–Trinajstić information content (AvgIpc) is 2.39. The summed E-state index contributed by atoms with van der Waals surface area (Å²) < 4.78 is 5.63. The number of nitrogens with zero attached hydrogens (tertiary/aromatic N) is 2. The summed E-state index contributed by atoms with van der Waals surface area (Å²) >= 11 is 0. The molecule has 0 radical (unpaired) electrons. The molecule has 0 bridgehead atoms. The molecular weight excluding hydrogens is 246 g/mol. The van der Waals surface area contributed by atoms with Crippen molar-refractivity contribution in [2.75, 3.05) is 18.1 Å². The maximum absolute atomic E-state index is 12.0. The number of rotatable bonds is 1. The summed E-state index contributed by atoms with van der Waals surface area (Å²) in [6.45, 7) is 3.05. The summed E-state index contributed by atoms with van der Waals surface area (Å²) in [6.07, 6.45) is 2.64. The zero-order valence-corrected chi connectivity index (χ0v) is 10.7. The summed E-state index contributed by atoms with van der Waals surface area (Å²) in [6, 6.07) is 1.55. The molecule has 2 aliphatic heterocycles. The van der Waals surface area contributed by atoms with E-state index >= 15 is 0 Å². The van der Waals surface area contributed by atoms with Crippen LogP contribution in [0.1, 0.15) is 18.5 Å². The maximum Gasteiger partial charge on any atom is 0.249 e. The molecule has 2 aliphatic rings. The number of anilines is 1. The number of fused-ring (bicyclic) bond motifs is 1. The number of imide groups is 1. The average molecular weight is 261 g/mol. The third-order valence-electron chi connectivity index (χ3n) is 3.54. The number of nitrogens with one attached hydrogen (secondary N) is 1. The van der Waals surface area contributed by atoms with Crippen LogP contribution in [0.4, 0.5) is 5.69 Å². The van der Waals surface area contributed by atoms with Gasteiger partial charge in [0.25, 0.3) is 0 Å². The number of piperidine rings is 1. The van der Waals surface area contributed by atoms with E-state index in [-0.39, 0.29) is 17.9 Å². The van der Waals surface area contributed by atoms with Gasteiger partial charge in [-0.15, -0.1) is 0 Å². The lowest BCUT2D eigenvalue weighted by Crippen LogP contribution is -2.54. The maximum atomic E-state index is 12.0. The smallest absolute Gasteiger partial charge is 0.249 e. The highest BCUT2D eigenvalue weighted by Gasteiger charge is 2.34. The Labute approximate surface area is 110 Å². The minimum Gasteiger partial charge on any atom is -0.488 e. The van der Waals surface area contributed by atoms with E-state index < -0.39 is 0 Å². The van der Waals surface area contributed by atoms with Gasteiger partial charge in [0.15, 0.2) is 5.75 Å². The van der Waals surface area contributed by atoms with Crippen molar-refractivity contribution >= 4 is 17.5 Å². The summed E-state index contributed by atoms with van der Waals surface area (Å²) in [7, 11) is 0. The lowest BCUT2D eigenvalue weighted by Gasteiger charge is -2.38. The van der Waals surface area contributed by atoms with Crippen molar-refractivity contribution in [1.82, 2.24) is 10.3 Å². The van der Waals surface area contributed by atoms with E-state index in [2.05, 4.69) is 10.3 Å². The second-order valence-corrected chi connectivity index (χ2v) is 4.75. The van der Waals surface area contributed by atoms with Crippen LogP contribution in [-0.2, 0) is 9.59 Å². The van der Waals surface area contributed by atoms with Crippen molar-refractivity contribution in [1.29, 1.82) is 0 Å². The minimum absolute atomic E-state index is 0.194. The summed E-state index contributed by atoms with van der Waals surface area (Å²) in [5.41, 5.74) is 1.70. The predicted octanol–water partition coefficient (Wildman–Crippen LogP) is 0.394. The minimum atomic E-state index is -0.304. The van der Waals surface area contributed by atoms with Crippen LogP contribution >= 0.6 is 0 Å². The Hall–Kier alpha value is -2.11. The highest BCUT2D eigenvalue weighted by molar-refractivity contribution is 6.01. The molecule has 1 saturated heterocycles. The van der Waals surface area contributed by atoms with E-state index in [0.29, 0.717) is 26.0 Å². The van der Waals surface area contributed by atoms with E-state index in [0.717, 1.165) is 17.1 Å². The Morgan fingerprint density at radius 1 is 1.47 bits per heavy atom. The molecule has 1 unspecified atom stereocenters. The SMILES string of the molecule is Cc1nccc2c1OCCN2C1CCC(=O)NC1=O. The van der Waals surface area contributed by atoms with Crippen LogP contribution in [0.25, 0.3) is 0 Å². The first-order valence-electron chi connectivity index (χ1n) is 6.35. The van der Waals surface area contributed by atoms with Crippen LogP contribution < -0.4 is 15.0 Å². The highest BCUT2D eigenvalue weighted by atomic mass is 16.5. The van der Waals surface area contributed by atoms with Gasteiger partial charge in [-0.05, 0) is 19.4 Å². The first kappa shape index (κ1) is 12.0. The van der Waals surface area contributed by atoms with Crippen LogP contribution in [0.2, 0.25) is 0 Å². The molecule has 0 aliphatic carbocycles. The lowest BCUT2D eigenvalue weighted by molar-refractivity contribution is -0.134. The largest absolute Gasteiger partial charge is 0.488 e. The molecule has 1 atom stereocenters. The zero-order valence-electron chi connectivity index (χ0n) is 10.7. The van der Waals surface area contributed by atoms with Crippen molar-refractivity contribution in [3.8, 4) is 5.75 Å². The molecule has 19 heavy (non-hydrogen) atoms. The Bertz CT molecular complexity index is 544. The molecule has 1 fully saturated rings. The number of amides is 2. The van der Waals surface area contributed by atoms with Crippen molar-refractivity contribution in [2.45, 2.75) is 25.8 Å². The molecule has 100 valence electrons. The standard InChI is InChI=1S/C13H15N3O3/c1-8-12-9(4-5-14-8)16(6-7-19-12)10-2-3-11(17)15-13(10)18/h4-5,10H,2-3,6-7H2,1H3,(H,15,17,18). The van der Waals surface area contributed by atoms with Crippen LogP contribution in [0.3, 0.4) is 0 Å². The van der Waals surface area contributed by atoms with Gasteiger partial charge in [-0.25, -0.2) is 0 Å². The summed E-state index contributed by atoms with van der Waals surface area (Å²) in [5, 5.41) is 2.40. The zero-order chi connectivity index (χ0) is 13.4. The molecule has 1 aromatic rings. The number of hydrogen-bond acceptors (Lipinski definition) is 5. The second kappa shape index (κ2) is 4.53. The number of pyridine rings is 1. The fourth-order valence-corrected chi connectivity index (χ4v) is 2.61. The van der Waals surface area contributed by atoms with E-state index in [9.17, 15) is 9.59 Å². The number of aromatic nitrogens is 1. The summed E-state index contributed by atoms with van der Waals surface area (Å²) in [5.74, 6) is 0.317. The van der Waals surface area contributed by atoms with Crippen molar-refractivity contribution < 1.29 is 14.3 Å². The molecule has 3 rings (SSSR count). The number of carbonyl (C=O) groups is 2. The van der Waals surface area contributed by atoms with E-state index in [4.69, 9.17) is 4.74 Å². The lowest BCUT2D eigenvalue weighted by atomic mass is 10.0. The predicted molar refractivity (Wildman–Crippen MR) is 68.0 cm³/mol. The molecule has 1 N–H and O–H groups in total. The Morgan fingerprint density at radius 2 is 2.32 bits per heavy atom. The molecule has 3 heterocycles. The number of carbonyl (C=O) groups excluding carboxylic acids is 2. The van der Waals surface area contributed by atoms with E-state index in [1.165, 1.54) is 0 Å². The molecule has 0 spiro atoms. The van der Waals surface area contributed by atoms with Gasteiger partial charge in [0.2, 0.25) is 11.8 Å². The highest BCUT2D eigenvalue weighted by Crippen LogP contribution is 2.35. The van der Waals surface area contributed by atoms with Gasteiger partial charge in [0, 0.05) is 12.6 Å². The van der Waals surface area contributed by atoms with Crippen LogP contribution in [0.15, 0.2) is 12.3 Å². The third-order valence-corrected chi connectivity index (χ3v) is 3.54. The molecule has 0 saturated carbocycles. The third kappa shape index (κ3) is 2.03. The van der Waals surface area contributed by atoms with Crippen LogP contribution in [0.5, 0.6) is 5.75 Å². The first-order chi connectivity index (χ1) is 9.16. The van der Waals surface area contributed by atoms with Gasteiger partial charge >= 0.3 is 0 Å². The molecule has 0 aromatic carbocycles. The summed E-state index contributed by atoms with van der Waals surface area (Å²) in [4.78, 5) is 29.4. The van der Waals surface area contributed by atoms with Gasteiger partial charge in [-0.1, -0.05) is 0 Å². The van der Waals surface area contributed by atoms with E-state index in [1.807, 2.05) is 17.9 Å². The van der Waals surface area contributed by atoms with Gasteiger partial charge in [0.1, 0.15) is 12.6 Å². The second-order valence-electron chi connectivity index (χ2n) is 4.75.